The average Bonchev–Trinajstić information content (AvgIpc) is 2.19. The fraction of sp³-hybridized carbons (Fsp3) is 0.0909. The summed E-state index contributed by atoms with van der Waals surface area (Å²) in [4.78, 5) is 14.9. The number of pyridine rings is 1. The highest BCUT2D eigenvalue weighted by Gasteiger charge is 2.01. The molecule has 13 heavy (non-hydrogen) atoms. The van der Waals surface area contributed by atoms with Gasteiger partial charge in [-0.05, 0) is 18.6 Å². The molecule has 1 aromatic carbocycles. The minimum absolute atomic E-state index is 0.703. The van der Waals surface area contributed by atoms with E-state index in [1.807, 2.05) is 31.2 Å². The molecule has 0 bridgehead atoms. The van der Waals surface area contributed by atoms with Gasteiger partial charge < -0.3 is 0 Å². The summed E-state index contributed by atoms with van der Waals surface area (Å²) in [5.41, 5.74) is 2.71. The Hall–Kier alpha value is -1.70. The highest BCUT2D eigenvalue weighted by Crippen LogP contribution is 2.18. The van der Waals surface area contributed by atoms with Gasteiger partial charge in [0.05, 0.1) is 5.52 Å². The minimum atomic E-state index is 0.703. The molecule has 0 radical (unpaired) electrons. The summed E-state index contributed by atoms with van der Waals surface area (Å²) >= 11 is 0. The molecule has 1 aromatic heterocycles. The molecule has 1 heterocycles. The van der Waals surface area contributed by atoms with Crippen molar-refractivity contribution in [3.63, 3.8) is 0 Å². The van der Waals surface area contributed by atoms with E-state index >= 15 is 0 Å². The van der Waals surface area contributed by atoms with E-state index in [1.54, 1.807) is 6.20 Å². The Morgan fingerprint density at radius 2 is 2.15 bits per heavy atom. The van der Waals surface area contributed by atoms with E-state index in [-0.39, 0.29) is 0 Å². The van der Waals surface area contributed by atoms with E-state index in [4.69, 9.17) is 0 Å². The maximum Gasteiger partial charge on any atom is 0.150 e. The highest BCUT2D eigenvalue weighted by molar-refractivity contribution is 5.97. The molecule has 0 saturated heterocycles. The van der Waals surface area contributed by atoms with Crippen molar-refractivity contribution in [1.82, 2.24) is 4.98 Å². The average molecular weight is 171 g/mol. The summed E-state index contributed by atoms with van der Waals surface area (Å²) in [6.45, 7) is 1.99. The number of aldehydes is 1. The van der Waals surface area contributed by atoms with Crippen LogP contribution < -0.4 is 0 Å². The normalized spacial score (nSPS) is 10.2. The molecule has 2 rings (SSSR count). The van der Waals surface area contributed by atoms with Crippen LogP contribution in [0.15, 0.2) is 30.5 Å². The lowest BCUT2D eigenvalue weighted by Crippen LogP contribution is -1.88. The summed E-state index contributed by atoms with van der Waals surface area (Å²) in [7, 11) is 0. The summed E-state index contributed by atoms with van der Waals surface area (Å²) in [5, 5.41) is 0.928. The van der Waals surface area contributed by atoms with Gasteiger partial charge in [-0.1, -0.05) is 18.2 Å². The topological polar surface area (TPSA) is 30.0 Å². The lowest BCUT2D eigenvalue weighted by atomic mass is 10.1. The first-order chi connectivity index (χ1) is 6.33. The van der Waals surface area contributed by atoms with Crippen molar-refractivity contribution in [2.24, 2.45) is 0 Å². The minimum Gasteiger partial charge on any atom is -0.298 e. The van der Waals surface area contributed by atoms with E-state index in [0.29, 0.717) is 5.56 Å². The lowest BCUT2D eigenvalue weighted by molar-refractivity contribution is 0.112. The van der Waals surface area contributed by atoms with Crippen LogP contribution in [-0.4, -0.2) is 11.3 Å². The predicted octanol–water partition coefficient (Wildman–Crippen LogP) is 2.36. The second-order valence-electron chi connectivity index (χ2n) is 2.99. The zero-order chi connectivity index (χ0) is 9.26. The second kappa shape index (κ2) is 2.98. The maximum atomic E-state index is 10.7. The lowest BCUT2D eigenvalue weighted by Gasteiger charge is -2.01. The number of aryl methyl sites for hydroxylation is 1. The molecular formula is C11H9NO. The van der Waals surface area contributed by atoms with Gasteiger partial charge in [0.25, 0.3) is 0 Å². The van der Waals surface area contributed by atoms with Crippen LogP contribution in [0, 0.1) is 6.92 Å². The zero-order valence-electron chi connectivity index (χ0n) is 7.32. The molecular weight excluding hydrogens is 162 g/mol. The Morgan fingerprint density at radius 1 is 1.31 bits per heavy atom. The number of aromatic nitrogens is 1. The van der Waals surface area contributed by atoms with Crippen LogP contribution >= 0.6 is 0 Å². The number of benzene rings is 1. The molecule has 0 aliphatic carbocycles. The molecule has 0 fully saturated rings. The van der Waals surface area contributed by atoms with Gasteiger partial charge in [0.15, 0.2) is 6.29 Å². The predicted molar refractivity (Wildman–Crippen MR) is 51.9 cm³/mol. The molecule has 2 aromatic rings. The Bertz CT molecular complexity index is 463. The molecule has 0 aliphatic heterocycles. The fourth-order valence-electron chi connectivity index (χ4n) is 1.44. The number of carbonyl (C=O) groups is 1. The van der Waals surface area contributed by atoms with Crippen LogP contribution in [-0.2, 0) is 0 Å². The van der Waals surface area contributed by atoms with Crippen LogP contribution in [0.5, 0.6) is 0 Å². The van der Waals surface area contributed by atoms with Gasteiger partial charge >= 0.3 is 0 Å². The summed E-state index contributed by atoms with van der Waals surface area (Å²) in [6.07, 6.45) is 2.60. The molecule has 0 N–H and O–H groups in total. The Kier molecular flexibility index (Phi) is 1.81. The Morgan fingerprint density at radius 3 is 2.92 bits per heavy atom. The molecule has 0 saturated carbocycles. The van der Waals surface area contributed by atoms with Crippen molar-refractivity contribution in [2.75, 3.05) is 0 Å². The first-order valence-electron chi connectivity index (χ1n) is 4.12. The largest absolute Gasteiger partial charge is 0.298 e. The van der Waals surface area contributed by atoms with E-state index < -0.39 is 0 Å². The maximum absolute atomic E-state index is 10.7. The summed E-state index contributed by atoms with van der Waals surface area (Å²) in [5.74, 6) is 0. The third kappa shape index (κ3) is 1.20. The van der Waals surface area contributed by atoms with Crippen molar-refractivity contribution in [2.45, 2.75) is 6.92 Å². The molecule has 2 heteroatoms. The van der Waals surface area contributed by atoms with Crippen LogP contribution in [0.25, 0.3) is 10.9 Å². The third-order valence-electron chi connectivity index (χ3n) is 2.13. The quantitative estimate of drug-likeness (QED) is 0.616. The third-order valence-corrected chi connectivity index (χ3v) is 2.13. The van der Waals surface area contributed by atoms with Gasteiger partial charge in [-0.25, -0.2) is 0 Å². The first kappa shape index (κ1) is 7.92. The van der Waals surface area contributed by atoms with Gasteiger partial charge in [0.2, 0.25) is 0 Å². The van der Waals surface area contributed by atoms with Gasteiger partial charge in [-0.2, -0.15) is 0 Å². The second-order valence-corrected chi connectivity index (χ2v) is 2.99. The van der Waals surface area contributed by atoms with Crippen molar-refractivity contribution in [3.8, 4) is 0 Å². The van der Waals surface area contributed by atoms with Crippen LogP contribution in [0.4, 0.5) is 0 Å². The number of hydrogen-bond donors (Lipinski definition) is 0. The monoisotopic (exact) mass is 171 g/mol. The van der Waals surface area contributed by atoms with Crippen LogP contribution in [0.2, 0.25) is 0 Å². The molecule has 0 unspecified atom stereocenters. The molecule has 0 spiro atoms. The standard InChI is InChI=1S/C11H9NO/c1-8-4-5-9(7-13)10-3-2-6-12-11(8)10/h2-7H,1H3. The first-order valence-corrected chi connectivity index (χ1v) is 4.12. The highest BCUT2D eigenvalue weighted by atomic mass is 16.1. The fourth-order valence-corrected chi connectivity index (χ4v) is 1.44. The van der Waals surface area contributed by atoms with Gasteiger partial charge in [0.1, 0.15) is 0 Å². The molecule has 0 aliphatic rings. The molecule has 64 valence electrons. The Balaban J connectivity index is 2.92. The number of rotatable bonds is 1. The number of carbonyl (C=O) groups excluding carboxylic acids is 1. The van der Waals surface area contributed by atoms with Crippen molar-refractivity contribution in [1.29, 1.82) is 0 Å². The number of nitrogens with zero attached hydrogens (tertiary/aromatic N) is 1. The molecule has 2 nitrogen and oxygen atoms in total. The smallest absolute Gasteiger partial charge is 0.150 e. The van der Waals surface area contributed by atoms with E-state index in [0.717, 1.165) is 22.8 Å². The number of hydrogen-bond acceptors (Lipinski definition) is 2. The van der Waals surface area contributed by atoms with Gasteiger partial charge in [0, 0.05) is 17.1 Å². The Labute approximate surface area is 76.2 Å². The van der Waals surface area contributed by atoms with E-state index in [2.05, 4.69) is 4.98 Å². The van der Waals surface area contributed by atoms with Crippen molar-refractivity contribution in [3.05, 3.63) is 41.6 Å². The van der Waals surface area contributed by atoms with Gasteiger partial charge in [-0.3, -0.25) is 9.78 Å². The van der Waals surface area contributed by atoms with Crippen LogP contribution in [0.1, 0.15) is 15.9 Å². The van der Waals surface area contributed by atoms with E-state index in [9.17, 15) is 4.79 Å². The number of fused-ring (bicyclic) bond motifs is 1. The molecule has 0 amide bonds. The zero-order valence-corrected chi connectivity index (χ0v) is 7.32. The van der Waals surface area contributed by atoms with Crippen molar-refractivity contribution >= 4 is 17.2 Å². The SMILES string of the molecule is Cc1ccc(C=O)c2cccnc12. The summed E-state index contributed by atoms with van der Waals surface area (Å²) in [6, 6.07) is 7.50. The van der Waals surface area contributed by atoms with Crippen LogP contribution in [0.3, 0.4) is 0 Å². The van der Waals surface area contributed by atoms with Crippen molar-refractivity contribution < 1.29 is 4.79 Å². The van der Waals surface area contributed by atoms with E-state index in [1.165, 1.54) is 0 Å². The molecule has 0 atom stereocenters. The van der Waals surface area contributed by atoms with Gasteiger partial charge in [-0.15, -0.1) is 0 Å². The summed E-state index contributed by atoms with van der Waals surface area (Å²) < 4.78 is 0.